The molecule has 6 nitrogen and oxygen atoms in total. The van der Waals surface area contributed by atoms with Crippen molar-refractivity contribution in [2.24, 2.45) is 0 Å². The Balaban J connectivity index is 2.07. The maximum absolute atomic E-state index is 10.9. The first-order chi connectivity index (χ1) is 9.25. The Morgan fingerprint density at radius 3 is 2.37 bits per heavy atom. The fraction of sp³-hybridized carbons (Fsp3) is 0. The average Bonchev–Trinajstić information content (AvgIpc) is 3.08. The number of hydrogen-bond acceptors (Lipinski definition) is 3. The molecule has 3 N–H and O–H groups in total. The molecule has 0 saturated heterocycles. The highest BCUT2D eigenvalue weighted by Gasteiger charge is 2.15. The maximum Gasteiger partial charge on any atom is 0.352 e. The van der Waals surface area contributed by atoms with Crippen LogP contribution in [0, 0.1) is 0 Å². The van der Waals surface area contributed by atoms with Crippen LogP contribution in [0.15, 0.2) is 42.6 Å². The Morgan fingerprint density at radius 1 is 1.05 bits per heavy atom. The molecule has 0 radical (unpaired) electrons. The van der Waals surface area contributed by atoms with Gasteiger partial charge < -0.3 is 10.1 Å². The third-order valence-electron chi connectivity index (χ3n) is 2.78. The van der Waals surface area contributed by atoms with E-state index in [9.17, 15) is 4.79 Å². The summed E-state index contributed by atoms with van der Waals surface area (Å²) in [6.07, 6.45) is 1.60. The number of aromatic amines is 2. The largest absolute Gasteiger partial charge is 0.477 e. The molecule has 94 valence electrons. The zero-order chi connectivity index (χ0) is 13.2. The van der Waals surface area contributed by atoms with Crippen LogP contribution in [0.4, 0.5) is 0 Å². The first-order valence-electron chi connectivity index (χ1n) is 5.64. The van der Waals surface area contributed by atoms with Crippen LogP contribution in [0.3, 0.4) is 0 Å². The van der Waals surface area contributed by atoms with Crippen molar-refractivity contribution in [1.29, 1.82) is 0 Å². The normalized spacial score (nSPS) is 10.5. The smallest absolute Gasteiger partial charge is 0.352 e. The Morgan fingerprint density at radius 2 is 1.74 bits per heavy atom. The summed E-state index contributed by atoms with van der Waals surface area (Å²) in [5.41, 5.74) is 3.04. The summed E-state index contributed by atoms with van der Waals surface area (Å²) in [5, 5.41) is 19.7. The van der Waals surface area contributed by atoms with Crippen LogP contribution in [0.1, 0.15) is 10.5 Å². The van der Waals surface area contributed by atoms with Gasteiger partial charge in [0.25, 0.3) is 0 Å². The summed E-state index contributed by atoms with van der Waals surface area (Å²) in [6, 6.07) is 11.1. The van der Waals surface area contributed by atoms with E-state index in [1.54, 1.807) is 6.20 Å². The highest BCUT2D eigenvalue weighted by molar-refractivity contribution is 5.88. The summed E-state index contributed by atoms with van der Waals surface area (Å²) in [6.45, 7) is 0. The third kappa shape index (κ3) is 1.99. The zero-order valence-electron chi connectivity index (χ0n) is 9.79. The van der Waals surface area contributed by atoms with Gasteiger partial charge in [0.05, 0.1) is 0 Å². The minimum Gasteiger partial charge on any atom is -0.477 e. The van der Waals surface area contributed by atoms with Gasteiger partial charge in [0.1, 0.15) is 17.1 Å². The monoisotopic (exact) mass is 254 g/mol. The van der Waals surface area contributed by atoms with Gasteiger partial charge in [-0.15, -0.1) is 0 Å². The molecule has 0 aliphatic carbocycles. The Kier molecular flexibility index (Phi) is 2.60. The van der Waals surface area contributed by atoms with Crippen LogP contribution >= 0.6 is 0 Å². The molecule has 0 saturated carbocycles. The Bertz CT molecular complexity index is 715. The topological polar surface area (TPSA) is 94.7 Å². The molecule has 19 heavy (non-hydrogen) atoms. The number of hydrogen-bond donors (Lipinski definition) is 3. The van der Waals surface area contributed by atoms with E-state index in [0.717, 1.165) is 5.56 Å². The molecule has 0 spiro atoms. The van der Waals surface area contributed by atoms with Crippen molar-refractivity contribution >= 4 is 5.97 Å². The number of carboxylic acid groups (broad SMARTS) is 1. The van der Waals surface area contributed by atoms with Gasteiger partial charge in [-0.2, -0.15) is 15.4 Å². The van der Waals surface area contributed by atoms with Crippen molar-refractivity contribution in [3.63, 3.8) is 0 Å². The van der Waals surface area contributed by atoms with E-state index in [1.165, 1.54) is 6.07 Å². The zero-order valence-corrected chi connectivity index (χ0v) is 9.79. The molecule has 0 unspecified atom stereocenters. The van der Waals surface area contributed by atoms with Crippen LogP contribution < -0.4 is 0 Å². The highest BCUT2D eigenvalue weighted by Crippen LogP contribution is 2.28. The van der Waals surface area contributed by atoms with E-state index in [2.05, 4.69) is 20.4 Å². The van der Waals surface area contributed by atoms with Crippen molar-refractivity contribution < 1.29 is 9.90 Å². The van der Waals surface area contributed by atoms with Crippen LogP contribution in [-0.4, -0.2) is 31.5 Å². The van der Waals surface area contributed by atoms with Gasteiger partial charge in [-0.1, -0.05) is 30.3 Å². The van der Waals surface area contributed by atoms with Crippen molar-refractivity contribution in [1.82, 2.24) is 20.4 Å². The molecular weight excluding hydrogens is 244 g/mol. The lowest BCUT2D eigenvalue weighted by molar-refractivity contribution is 0.0691. The second kappa shape index (κ2) is 4.41. The second-order valence-electron chi connectivity index (χ2n) is 3.99. The number of H-pyrrole nitrogens is 2. The average molecular weight is 254 g/mol. The SMILES string of the molecule is O=C(O)c1cc(-c2n[nH]nc2-c2ccccc2)c[nH]1. The van der Waals surface area contributed by atoms with E-state index in [0.29, 0.717) is 17.0 Å². The summed E-state index contributed by atoms with van der Waals surface area (Å²) in [7, 11) is 0. The van der Waals surface area contributed by atoms with E-state index < -0.39 is 5.97 Å². The van der Waals surface area contributed by atoms with Crippen molar-refractivity contribution in [2.45, 2.75) is 0 Å². The Hall–Kier alpha value is -2.89. The molecule has 3 aromatic rings. The lowest BCUT2D eigenvalue weighted by Gasteiger charge is -1.97. The molecule has 0 fully saturated rings. The number of carbonyl (C=O) groups is 1. The van der Waals surface area contributed by atoms with Gasteiger partial charge >= 0.3 is 5.97 Å². The third-order valence-corrected chi connectivity index (χ3v) is 2.78. The predicted octanol–water partition coefficient (Wildman–Crippen LogP) is 2.17. The molecule has 2 aromatic heterocycles. The standard InChI is InChI=1S/C13H10N4O2/c18-13(19)10-6-9(7-14-10)12-11(15-17-16-12)8-4-2-1-3-5-8/h1-7,14H,(H,18,19)(H,15,16,17). The maximum atomic E-state index is 10.9. The molecule has 0 atom stereocenters. The number of benzene rings is 1. The van der Waals surface area contributed by atoms with Crippen LogP contribution in [0.2, 0.25) is 0 Å². The lowest BCUT2D eigenvalue weighted by Crippen LogP contribution is -1.94. The van der Waals surface area contributed by atoms with Crippen LogP contribution in [0.5, 0.6) is 0 Å². The van der Waals surface area contributed by atoms with E-state index >= 15 is 0 Å². The number of nitrogens with zero attached hydrogens (tertiary/aromatic N) is 2. The molecule has 3 rings (SSSR count). The van der Waals surface area contributed by atoms with E-state index in [-0.39, 0.29) is 5.69 Å². The van der Waals surface area contributed by atoms with E-state index in [1.807, 2.05) is 30.3 Å². The van der Waals surface area contributed by atoms with E-state index in [4.69, 9.17) is 5.11 Å². The van der Waals surface area contributed by atoms with Crippen LogP contribution in [-0.2, 0) is 0 Å². The summed E-state index contributed by atoms with van der Waals surface area (Å²) in [5.74, 6) is -1.00. The number of carboxylic acids is 1. The molecule has 0 amide bonds. The predicted molar refractivity (Wildman–Crippen MR) is 68.6 cm³/mol. The van der Waals surface area contributed by atoms with Gasteiger partial charge in [0.2, 0.25) is 0 Å². The first kappa shape index (κ1) is 11.2. The van der Waals surface area contributed by atoms with Gasteiger partial charge in [0, 0.05) is 17.3 Å². The minimum atomic E-state index is -1.00. The molecule has 0 aliphatic rings. The minimum absolute atomic E-state index is 0.122. The number of nitrogens with one attached hydrogen (secondary N) is 2. The molecule has 0 bridgehead atoms. The van der Waals surface area contributed by atoms with Crippen LogP contribution in [0.25, 0.3) is 22.5 Å². The summed E-state index contributed by atoms with van der Waals surface area (Å²) in [4.78, 5) is 13.6. The van der Waals surface area contributed by atoms with Gasteiger partial charge in [-0.3, -0.25) is 0 Å². The second-order valence-corrected chi connectivity index (χ2v) is 3.99. The summed E-state index contributed by atoms with van der Waals surface area (Å²) < 4.78 is 0. The highest BCUT2D eigenvalue weighted by atomic mass is 16.4. The number of aromatic nitrogens is 4. The molecular formula is C13H10N4O2. The number of rotatable bonds is 3. The van der Waals surface area contributed by atoms with Gasteiger partial charge in [-0.25, -0.2) is 4.79 Å². The van der Waals surface area contributed by atoms with Gasteiger partial charge in [-0.05, 0) is 6.07 Å². The lowest BCUT2D eigenvalue weighted by atomic mass is 10.1. The first-order valence-corrected chi connectivity index (χ1v) is 5.64. The quantitative estimate of drug-likeness (QED) is 0.667. The fourth-order valence-electron chi connectivity index (χ4n) is 1.88. The van der Waals surface area contributed by atoms with Crippen molar-refractivity contribution in [2.75, 3.05) is 0 Å². The summed E-state index contributed by atoms with van der Waals surface area (Å²) >= 11 is 0. The fourth-order valence-corrected chi connectivity index (χ4v) is 1.88. The van der Waals surface area contributed by atoms with Gasteiger partial charge in [0.15, 0.2) is 0 Å². The molecule has 6 heteroatoms. The molecule has 2 heterocycles. The molecule has 1 aromatic carbocycles. The molecule has 0 aliphatic heterocycles. The van der Waals surface area contributed by atoms with Crippen molar-refractivity contribution in [3.8, 4) is 22.5 Å². The van der Waals surface area contributed by atoms with Crippen molar-refractivity contribution in [3.05, 3.63) is 48.3 Å². The Labute approximate surface area is 108 Å². The number of aromatic carboxylic acids is 1.